The van der Waals surface area contributed by atoms with Gasteiger partial charge in [0.1, 0.15) is 0 Å². The summed E-state index contributed by atoms with van der Waals surface area (Å²) in [5, 5.41) is 1.00. The molecule has 1 unspecified atom stereocenters. The van der Waals surface area contributed by atoms with Crippen LogP contribution in [0.3, 0.4) is 0 Å². The number of carbonyl (C=O) groups excluding carboxylic acids is 1. The normalized spacial score (nSPS) is 19.1. The van der Waals surface area contributed by atoms with Crippen LogP contribution in [0.25, 0.3) is 0 Å². The molecule has 3 nitrogen and oxygen atoms in total. The molecule has 1 heterocycles. The van der Waals surface area contributed by atoms with Crippen LogP contribution in [-0.4, -0.2) is 36.6 Å². The Kier molecular flexibility index (Phi) is 5.70. The number of carbonyl (C=O) groups is 1. The van der Waals surface area contributed by atoms with Crippen LogP contribution in [0.2, 0.25) is 10.0 Å². The number of hydrogen-bond donors (Lipinski definition) is 0. The smallest absolute Gasteiger partial charge is 0.227 e. The minimum Gasteiger partial charge on any atom is -0.377 e. The number of amides is 1. The van der Waals surface area contributed by atoms with E-state index in [2.05, 4.69) is 0 Å². The van der Waals surface area contributed by atoms with E-state index < -0.39 is 0 Å². The fourth-order valence-corrected chi connectivity index (χ4v) is 2.79. The monoisotopic (exact) mass is 315 g/mol. The summed E-state index contributed by atoms with van der Waals surface area (Å²) in [5.74, 6) is 0.118. The van der Waals surface area contributed by atoms with Crippen molar-refractivity contribution < 1.29 is 9.53 Å². The third-order valence-electron chi connectivity index (χ3n) is 3.47. The van der Waals surface area contributed by atoms with Crippen molar-refractivity contribution >= 4 is 29.1 Å². The number of halogens is 2. The fraction of sp³-hybridized carbons (Fsp3) is 0.533. The van der Waals surface area contributed by atoms with Gasteiger partial charge in [0, 0.05) is 19.7 Å². The van der Waals surface area contributed by atoms with Crippen LogP contribution in [0.4, 0.5) is 0 Å². The highest BCUT2D eigenvalue weighted by Crippen LogP contribution is 2.23. The quantitative estimate of drug-likeness (QED) is 0.850. The first-order chi connectivity index (χ1) is 9.60. The molecule has 0 bridgehead atoms. The number of hydrogen-bond acceptors (Lipinski definition) is 2. The van der Waals surface area contributed by atoms with Crippen molar-refractivity contribution in [2.45, 2.75) is 32.3 Å². The first kappa shape index (κ1) is 15.6. The molecule has 20 heavy (non-hydrogen) atoms. The first-order valence-corrected chi connectivity index (χ1v) is 7.69. The van der Waals surface area contributed by atoms with E-state index in [0.717, 1.165) is 24.9 Å². The third-order valence-corrected chi connectivity index (χ3v) is 4.21. The molecule has 110 valence electrons. The molecule has 1 aliphatic heterocycles. The van der Waals surface area contributed by atoms with Crippen molar-refractivity contribution in [3.8, 4) is 0 Å². The van der Waals surface area contributed by atoms with Crippen LogP contribution in [0, 0.1) is 0 Å². The van der Waals surface area contributed by atoms with Gasteiger partial charge in [-0.25, -0.2) is 0 Å². The van der Waals surface area contributed by atoms with E-state index >= 15 is 0 Å². The summed E-state index contributed by atoms with van der Waals surface area (Å²) in [6.07, 6.45) is 2.56. The molecule has 0 saturated carbocycles. The lowest BCUT2D eigenvalue weighted by molar-refractivity contribution is -0.134. The molecule has 1 atom stereocenters. The van der Waals surface area contributed by atoms with Crippen LogP contribution in [0.5, 0.6) is 0 Å². The second-order valence-electron chi connectivity index (χ2n) is 4.98. The molecule has 1 aromatic rings. The SMILES string of the molecule is CCOC1CCCN(C(=O)Cc2ccc(Cl)c(Cl)c2)C1. The zero-order chi connectivity index (χ0) is 14.5. The Balaban J connectivity index is 1.95. The predicted octanol–water partition coefficient (Wildman–Crippen LogP) is 3.56. The molecule has 1 amide bonds. The Hall–Kier alpha value is -0.770. The summed E-state index contributed by atoms with van der Waals surface area (Å²) < 4.78 is 5.62. The predicted molar refractivity (Wildman–Crippen MR) is 81.4 cm³/mol. The van der Waals surface area contributed by atoms with Crippen LogP contribution in [0.1, 0.15) is 25.3 Å². The van der Waals surface area contributed by atoms with Crippen molar-refractivity contribution in [2.75, 3.05) is 19.7 Å². The highest BCUT2D eigenvalue weighted by molar-refractivity contribution is 6.42. The molecule has 1 fully saturated rings. The van der Waals surface area contributed by atoms with Gasteiger partial charge >= 0.3 is 0 Å². The number of rotatable bonds is 4. The summed E-state index contributed by atoms with van der Waals surface area (Å²) in [7, 11) is 0. The largest absolute Gasteiger partial charge is 0.377 e. The number of likely N-dealkylation sites (tertiary alicyclic amines) is 1. The first-order valence-electron chi connectivity index (χ1n) is 6.93. The topological polar surface area (TPSA) is 29.5 Å². The van der Waals surface area contributed by atoms with Gasteiger partial charge in [0.25, 0.3) is 0 Å². The molecular formula is C15H19Cl2NO2. The minimum absolute atomic E-state index is 0.118. The Morgan fingerprint density at radius 2 is 2.20 bits per heavy atom. The zero-order valence-electron chi connectivity index (χ0n) is 11.6. The molecule has 0 radical (unpaired) electrons. The van der Waals surface area contributed by atoms with Gasteiger partial charge in [0.2, 0.25) is 5.91 Å². The molecule has 1 aromatic carbocycles. The van der Waals surface area contributed by atoms with E-state index in [9.17, 15) is 4.79 Å². The highest BCUT2D eigenvalue weighted by atomic mass is 35.5. The highest BCUT2D eigenvalue weighted by Gasteiger charge is 2.23. The van der Waals surface area contributed by atoms with Crippen LogP contribution >= 0.6 is 23.2 Å². The number of benzene rings is 1. The Labute approximate surface area is 129 Å². The molecule has 1 saturated heterocycles. The van der Waals surface area contributed by atoms with E-state index in [1.165, 1.54) is 0 Å². The lowest BCUT2D eigenvalue weighted by Crippen LogP contribution is -2.43. The van der Waals surface area contributed by atoms with Crippen molar-refractivity contribution in [3.05, 3.63) is 33.8 Å². The minimum atomic E-state index is 0.118. The van der Waals surface area contributed by atoms with E-state index in [1.54, 1.807) is 12.1 Å². The second-order valence-corrected chi connectivity index (χ2v) is 5.80. The summed E-state index contributed by atoms with van der Waals surface area (Å²) >= 11 is 11.8. The molecule has 2 rings (SSSR count). The van der Waals surface area contributed by atoms with Crippen LogP contribution in [0.15, 0.2) is 18.2 Å². The van der Waals surface area contributed by atoms with Crippen molar-refractivity contribution in [1.29, 1.82) is 0 Å². The van der Waals surface area contributed by atoms with E-state index in [4.69, 9.17) is 27.9 Å². The van der Waals surface area contributed by atoms with Crippen LogP contribution in [-0.2, 0) is 16.0 Å². The van der Waals surface area contributed by atoms with Crippen molar-refractivity contribution in [1.82, 2.24) is 4.90 Å². The van der Waals surface area contributed by atoms with Gasteiger partial charge in [0.15, 0.2) is 0 Å². The van der Waals surface area contributed by atoms with Gasteiger partial charge in [-0.3, -0.25) is 4.79 Å². The van der Waals surface area contributed by atoms with Gasteiger partial charge in [-0.05, 0) is 37.5 Å². The van der Waals surface area contributed by atoms with Gasteiger partial charge in [-0.1, -0.05) is 29.3 Å². The Morgan fingerprint density at radius 3 is 2.90 bits per heavy atom. The van der Waals surface area contributed by atoms with Crippen molar-refractivity contribution in [3.63, 3.8) is 0 Å². The summed E-state index contributed by atoms with van der Waals surface area (Å²) in [6.45, 7) is 4.17. The second kappa shape index (κ2) is 7.30. The molecular weight excluding hydrogens is 297 g/mol. The molecule has 0 spiro atoms. The summed E-state index contributed by atoms with van der Waals surface area (Å²) in [5.41, 5.74) is 0.892. The molecule has 0 aliphatic carbocycles. The molecule has 1 aliphatic rings. The van der Waals surface area contributed by atoms with E-state index in [0.29, 0.717) is 29.6 Å². The van der Waals surface area contributed by atoms with Crippen molar-refractivity contribution in [2.24, 2.45) is 0 Å². The zero-order valence-corrected chi connectivity index (χ0v) is 13.1. The van der Waals surface area contributed by atoms with Crippen LogP contribution < -0.4 is 0 Å². The molecule has 0 N–H and O–H groups in total. The average molecular weight is 316 g/mol. The maximum Gasteiger partial charge on any atom is 0.227 e. The van der Waals surface area contributed by atoms with Gasteiger partial charge < -0.3 is 9.64 Å². The summed E-state index contributed by atoms with van der Waals surface area (Å²) in [6, 6.07) is 5.33. The standard InChI is InChI=1S/C15H19Cl2NO2/c1-2-20-12-4-3-7-18(10-12)15(19)9-11-5-6-13(16)14(17)8-11/h5-6,8,12H,2-4,7,9-10H2,1H3. The number of ether oxygens (including phenoxy) is 1. The lowest BCUT2D eigenvalue weighted by atomic mass is 10.1. The van der Waals surface area contributed by atoms with Gasteiger partial charge in [0.05, 0.1) is 22.6 Å². The average Bonchev–Trinajstić information content (AvgIpc) is 2.43. The number of piperidine rings is 1. The van der Waals surface area contributed by atoms with Gasteiger partial charge in [-0.15, -0.1) is 0 Å². The number of nitrogens with zero attached hydrogens (tertiary/aromatic N) is 1. The maximum atomic E-state index is 12.3. The Bertz CT molecular complexity index is 477. The Morgan fingerprint density at radius 1 is 1.40 bits per heavy atom. The molecule has 0 aromatic heterocycles. The third kappa shape index (κ3) is 4.11. The van der Waals surface area contributed by atoms with Gasteiger partial charge in [-0.2, -0.15) is 0 Å². The molecule has 5 heteroatoms. The lowest BCUT2D eigenvalue weighted by Gasteiger charge is -2.32. The fourth-order valence-electron chi connectivity index (χ4n) is 2.47. The van der Waals surface area contributed by atoms with E-state index in [-0.39, 0.29) is 12.0 Å². The maximum absolute atomic E-state index is 12.3. The summed E-state index contributed by atoms with van der Waals surface area (Å²) in [4.78, 5) is 14.2. The van der Waals surface area contributed by atoms with E-state index in [1.807, 2.05) is 17.9 Å².